The van der Waals surface area contributed by atoms with Gasteiger partial charge in [-0.2, -0.15) is 0 Å². The molecule has 0 aliphatic heterocycles. The Kier molecular flexibility index (Phi) is 6.35. The monoisotopic (exact) mass is 656 g/mol. The Labute approximate surface area is 302 Å². The van der Waals surface area contributed by atoms with Crippen molar-refractivity contribution < 1.29 is 0 Å². The van der Waals surface area contributed by atoms with Crippen LogP contribution < -0.4 is 0 Å². The van der Waals surface area contributed by atoms with Gasteiger partial charge in [-0.3, -0.25) is 0 Å². The summed E-state index contributed by atoms with van der Waals surface area (Å²) in [4.78, 5) is 0. The van der Waals surface area contributed by atoms with Crippen molar-refractivity contribution in [3.05, 3.63) is 194 Å². The molecule has 0 N–H and O–H groups in total. The molecule has 0 unspecified atom stereocenters. The van der Waals surface area contributed by atoms with E-state index >= 15 is 0 Å². The Bertz CT molecular complexity index is 3010. The van der Waals surface area contributed by atoms with Gasteiger partial charge in [0, 0.05) is 0 Å². The summed E-state index contributed by atoms with van der Waals surface area (Å²) in [6, 6.07) is 72.0. The molecule has 1 aliphatic rings. The summed E-state index contributed by atoms with van der Waals surface area (Å²) >= 11 is 0. The van der Waals surface area contributed by atoms with Gasteiger partial charge in [-0.05, 0) is 122 Å². The van der Waals surface area contributed by atoms with E-state index in [1.54, 1.807) is 0 Å². The summed E-state index contributed by atoms with van der Waals surface area (Å²) in [5, 5.41) is 10.2. The van der Waals surface area contributed by atoms with Crippen molar-refractivity contribution in [3.8, 4) is 66.8 Å². The smallest absolute Gasteiger partial charge is 0.00197 e. The highest BCUT2D eigenvalue weighted by atomic mass is 14.3. The second kappa shape index (κ2) is 11.4. The predicted octanol–water partition coefficient (Wildman–Crippen LogP) is 14.6. The van der Waals surface area contributed by atoms with E-state index in [-0.39, 0.29) is 0 Å². The zero-order valence-electron chi connectivity index (χ0n) is 28.5. The van der Waals surface area contributed by atoms with Crippen LogP contribution in [0.1, 0.15) is 0 Å². The number of fused-ring (bicyclic) bond motifs is 8. The lowest BCUT2D eigenvalue weighted by molar-refractivity contribution is 1.60. The molecule has 10 aromatic rings. The molecule has 0 amide bonds. The van der Waals surface area contributed by atoms with Gasteiger partial charge < -0.3 is 0 Å². The van der Waals surface area contributed by atoms with Crippen molar-refractivity contribution in [1.29, 1.82) is 0 Å². The van der Waals surface area contributed by atoms with Crippen molar-refractivity contribution in [1.82, 2.24) is 0 Å². The standard InChI is InChI=1S/C52H32/c1-2-14-35-31-37(30-29-33(35)13-1)36-17-9-18-38(32-36)50-43-21-5-7-23-45(43)51(46-24-8-6-22-44(46)50)48-28-12-26-42-40-20-4-3-19-39(40)41-25-10-15-34-16-11-27-47(49(34)41)52(42)48/h1-32H. The van der Waals surface area contributed by atoms with E-state index in [1.165, 1.54) is 110 Å². The van der Waals surface area contributed by atoms with Crippen LogP contribution in [0.5, 0.6) is 0 Å². The maximum atomic E-state index is 2.38. The van der Waals surface area contributed by atoms with Crippen LogP contribution >= 0.6 is 0 Å². The molecule has 0 saturated heterocycles. The van der Waals surface area contributed by atoms with Crippen LogP contribution in [0.4, 0.5) is 0 Å². The summed E-state index contributed by atoms with van der Waals surface area (Å²) in [5.74, 6) is 0. The number of rotatable bonds is 3. The third-order valence-electron chi connectivity index (χ3n) is 11.2. The zero-order chi connectivity index (χ0) is 34.2. The molecule has 52 heavy (non-hydrogen) atoms. The van der Waals surface area contributed by atoms with Crippen LogP contribution in [0.25, 0.3) is 110 Å². The van der Waals surface area contributed by atoms with Crippen LogP contribution in [0.3, 0.4) is 0 Å². The minimum atomic E-state index is 1.22. The predicted molar refractivity (Wildman–Crippen MR) is 223 cm³/mol. The molecule has 0 atom stereocenters. The van der Waals surface area contributed by atoms with Gasteiger partial charge >= 0.3 is 0 Å². The van der Waals surface area contributed by atoms with E-state index in [0.29, 0.717) is 0 Å². The molecule has 0 bridgehead atoms. The average Bonchev–Trinajstić information content (AvgIpc) is 3.34. The number of hydrogen-bond acceptors (Lipinski definition) is 0. The van der Waals surface area contributed by atoms with E-state index in [1.807, 2.05) is 0 Å². The Morgan fingerprint density at radius 2 is 0.692 bits per heavy atom. The Hall–Kier alpha value is -6.76. The molecule has 0 heterocycles. The largest absolute Gasteiger partial charge is 0.0616 e. The molecule has 1 aliphatic carbocycles. The van der Waals surface area contributed by atoms with Crippen LogP contribution in [-0.2, 0) is 0 Å². The summed E-state index contributed by atoms with van der Waals surface area (Å²) < 4.78 is 0. The first-order valence-electron chi connectivity index (χ1n) is 18.1. The highest BCUT2D eigenvalue weighted by Crippen LogP contribution is 2.53. The van der Waals surface area contributed by atoms with Gasteiger partial charge in [0.1, 0.15) is 0 Å². The normalized spacial score (nSPS) is 11.8. The lowest BCUT2D eigenvalue weighted by atomic mass is 9.81. The molecule has 0 nitrogen and oxygen atoms in total. The molecule has 0 aromatic heterocycles. The van der Waals surface area contributed by atoms with Crippen molar-refractivity contribution in [3.63, 3.8) is 0 Å². The fourth-order valence-electron chi connectivity index (χ4n) is 8.95. The van der Waals surface area contributed by atoms with E-state index in [4.69, 9.17) is 0 Å². The van der Waals surface area contributed by atoms with Gasteiger partial charge in [0.2, 0.25) is 0 Å². The second-order valence-corrected chi connectivity index (χ2v) is 14.0. The molecule has 0 radical (unpaired) electrons. The lowest BCUT2D eigenvalue weighted by Crippen LogP contribution is -1.94. The molecule has 11 rings (SSSR count). The van der Waals surface area contributed by atoms with Crippen molar-refractivity contribution >= 4 is 43.1 Å². The van der Waals surface area contributed by atoms with Crippen molar-refractivity contribution in [2.45, 2.75) is 0 Å². The molecule has 0 saturated carbocycles. The van der Waals surface area contributed by atoms with Crippen LogP contribution in [0, 0.1) is 0 Å². The maximum Gasteiger partial charge on any atom is -0.00197 e. The van der Waals surface area contributed by atoms with Gasteiger partial charge in [0.25, 0.3) is 0 Å². The van der Waals surface area contributed by atoms with Crippen LogP contribution in [0.15, 0.2) is 194 Å². The minimum Gasteiger partial charge on any atom is -0.0616 e. The Morgan fingerprint density at radius 3 is 1.44 bits per heavy atom. The van der Waals surface area contributed by atoms with Gasteiger partial charge in [0.05, 0.1) is 0 Å². The summed E-state index contributed by atoms with van der Waals surface area (Å²) in [5.41, 5.74) is 15.2. The third kappa shape index (κ3) is 4.28. The topological polar surface area (TPSA) is 0 Å². The average molecular weight is 657 g/mol. The SMILES string of the molecule is c1cc(-c2ccc3ccccc3c2)cc(-c2c3ccccc3c(-c3cccc4c3-c3cccc5cccc(c35)-c3ccccc3-4)c3ccccc23)c1. The maximum absolute atomic E-state index is 2.38. The molecule has 10 aromatic carbocycles. The van der Waals surface area contributed by atoms with Gasteiger partial charge in [0.15, 0.2) is 0 Å². The highest BCUT2D eigenvalue weighted by molar-refractivity contribution is 6.24. The molecule has 0 spiro atoms. The molecular formula is C52H32. The van der Waals surface area contributed by atoms with Gasteiger partial charge in [-0.15, -0.1) is 0 Å². The number of hydrogen-bond donors (Lipinski definition) is 0. The van der Waals surface area contributed by atoms with E-state index in [2.05, 4.69) is 194 Å². The summed E-state index contributed by atoms with van der Waals surface area (Å²) in [7, 11) is 0. The fraction of sp³-hybridized carbons (Fsp3) is 0. The fourth-order valence-corrected chi connectivity index (χ4v) is 8.95. The molecular weight excluding hydrogens is 625 g/mol. The zero-order valence-corrected chi connectivity index (χ0v) is 28.5. The van der Waals surface area contributed by atoms with Crippen molar-refractivity contribution in [2.75, 3.05) is 0 Å². The molecule has 0 heteroatoms. The van der Waals surface area contributed by atoms with E-state index in [9.17, 15) is 0 Å². The third-order valence-corrected chi connectivity index (χ3v) is 11.2. The van der Waals surface area contributed by atoms with Crippen LogP contribution in [0.2, 0.25) is 0 Å². The highest BCUT2D eigenvalue weighted by Gasteiger charge is 2.26. The first-order valence-corrected chi connectivity index (χ1v) is 18.1. The number of benzene rings is 10. The first kappa shape index (κ1) is 29.0. The minimum absolute atomic E-state index is 1.22. The second-order valence-electron chi connectivity index (χ2n) is 14.0. The van der Waals surface area contributed by atoms with Gasteiger partial charge in [-0.25, -0.2) is 0 Å². The quantitative estimate of drug-likeness (QED) is 0.166. The van der Waals surface area contributed by atoms with Crippen LogP contribution in [-0.4, -0.2) is 0 Å². The van der Waals surface area contributed by atoms with E-state index < -0.39 is 0 Å². The summed E-state index contributed by atoms with van der Waals surface area (Å²) in [6.07, 6.45) is 0. The lowest BCUT2D eigenvalue weighted by Gasteiger charge is -2.21. The molecule has 0 fully saturated rings. The Balaban J connectivity index is 1.22. The van der Waals surface area contributed by atoms with E-state index in [0.717, 1.165) is 0 Å². The summed E-state index contributed by atoms with van der Waals surface area (Å²) in [6.45, 7) is 0. The Morgan fingerprint density at radius 1 is 0.212 bits per heavy atom. The van der Waals surface area contributed by atoms with Gasteiger partial charge in [-0.1, -0.05) is 182 Å². The first-order chi connectivity index (χ1) is 25.8. The van der Waals surface area contributed by atoms with Crippen molar-refractivity contribution in [2.24, 2.45) is 0 Å². The molecule has 240 valence electrons.